The van der Waals surface area contributed by atoms with E-state index >= 15 is 0 Å². The van der Waals surface area contributed by atoms with Gasteiger partial charge in [0.25, 0.3) is 0 Å². The maximum Gasteiger partial charge on any atom is 0.323 e. The molecule has 1 aliphatic rings. The van der Waals surface area contributed by atoms with Crippen LogP contribution in [-0.2, 0) is 4.74 Å². The van der Waals surface area contributed by atoms with Gasteiger partial charge in [0.1, 0.15) is 0 Å². The van der Waals surface area contributed by atoms with Gasteiger partial charge in [0.15, 0.2) is 0 Å². The molecule has 3 rings (SSSR count). The molecule has 1 aliphatic heterocycles. The van der Waals surface area contributed by atoms with Gasteiger partial charge >= 0.3 is 5.69 Å². The lowest BCUT2D eigenvalue weighted by molar-refractivity contribution is -0.00992. The summed E-state index contributed by atoms with van der Waals surface area (Å²) < 4.78 is 5.39. The van der Waals surface area contributed by atoms with E-state index in [1.807, 2.05) is 18.2 Å². The Morgan fingerprint density at radius 2 is 2.17 bits per heavy atom. The molecule has 5 heteroatoms. The molecule has 96 valence electrons. The van der Waals surface area contributed by atoms with Gasteiger partial charge < -0.3 is 19.8 Å². The van der Waals surface area contributed by atoms with Gasteiger partial charge in [-0.3, -0.25) is 0 Å². The van der Waals surface area contributed by atoms with Gasteiger partial charge in [-0.15, -0.1) is 0 Å². The topological polar surface area (TPSA) is 78.1 Å². The highest BCUT2D eigenvalue weighted by Gasteiger charge is 2.23. The van der Waals surface area contributed by atoms with Crippen LogP contribution in [0.5, 0.6) is 0 Å². The first kappa shape index (κ1) is 11.5. The Morgan fingerprint density at radius 1 is 1.33 bits per heavy atom. The van der Waals surface area contributed by atoms with Gasteiger partial charge in [0, 0.05) is 12.5 Å². The number of nitrogens with one attached hydrogen (secondary N) is 2. The molecule has 2 aromatic rings. The van der Waals surface area contributed by atoms with E-state index in [4.69, 9.17) is 4.74 Å². The number of hydrogen-bond acceptors (Lipinski definition) is 3. The maximum atomic E-state index is 11.2. The molecular formula is C13H16N2O3. The number of imidazole rings is 1. The SMILES string of the molecule is O=c1[nH]c2ccc(C(O)C3CCCOC3)cc2[nH]1. The normalized spacial score (nSPS) is 22.2. The van der Waals surface area contributed by atoms with E-state index in [0.717, 1.165) is 36.0 Å². The van der Waals surface area contributed by atoms with Gasteiger partial charge in [-0.05, 0) is 30.5 Å². The lowest BCUT2D eigenvalue weighted by atomic mass is 9.91. The summed E-state index contributed by atoms with van der Waals surface area (Å²) in [6.45, 7) is 1.39. The zero-order valence-corrected chi connectivity index (χ0v) is 9.98. The minimum absolute atomic E-state index is 0.141. The van der Waals surface area contributed by atoms with Crippen LogP contribution in [0.15, 0.2) is 23.0 Å². The number of benzene rings is 1. The van der Waals surface area contributed by atoms with Crippen molar-refractivity contribution in [3.63, 3.8) is 0 Å². The predicted octanol–water partition coefficient (Wildman–Crippen LogP) is 1.32. The van der Waals surface area contributed by atoms with Crippen molar-refractivity contribution in [3.05, 3.63) is 34.2 Å². The standard InChI is InChI=1S/C13H16N2O3/c16-12(9-2-1-5-18-7-9)8-3-4-10-11(6-8)15-13(17)14-10/h3-4,6,9,12,16H,1-2,5,7H2,(H2,14,15,17). The number of aromatic amines is 2. The van der Waals surface area contributed by atoms with E-state index in [0.29, 0.717) is 6.61 Å². The van der Waals surface area contributed by atoms with Crippen molar-refractivity contribution in [1.29, 1.82) is 0 Å². The average Bonchev–Trinajstić information content (AvgIpc) is 2.78. The summed E-state index contributed by atoms with van der Waals surface area (Å²) in [4.78, 5) is 16.6. The molecule has 2 heterocycles. The average molecular weight is 248 g/mol. The monoisotopic (exact) mass is 248 g/mol. The van der Waals surface area contributed by atoms with Crippen LogP contribution >= 0.6 is 0 Å². The van der Waals surface area contributed by atoms with Gasteiger partial charge in [0.05, 0.1) is 23.7 Å². The van der Waals surface area contributed by atoms with Gasteiger partial charge in [-0.2, -0.15) is 0 Å². The number of H-pyrrole nitrogens is 2. The molecule has 0 saturated carbocycles. The molecule has 1 aromatic heterocycles. The fraction of sp³-hybridized carbons (Fsp3) is 0.462. The Kier molecular flexibility index (Phi) is 2.93. The van der Waals surface area contributed by atoms with Crippen molar-refractivity contribution in [2.45, 2.75) is 18.9 Å². The third-order valence-corrected chi connectivity index (χ3v) is 3.52. The molecule has 0 amide bonds. The summed E-state index contributed by atoms with van der Waals surface area (Å²) in [5.41, 5.74) is 2.09. The second-order valence-corrected chi connectivity index (χ2v) is 4.81. The molecule has 0 radical (unpaired) electrons. The van der Waals surface area contributed by atoms with Crippen molar-refractivity contribution in [2.75, 3.05) is 13.2 Å². The first-order valence-electron chi connectivity index (χ1n) is 6.22. The highest BCUT2D eigenvalue weighted by molar-refractivity contribution is 5.75. The number of ether oxygens (including phenoxy) is 1. The smallest absolute Gasteiger partial charge is 0.323 e. The summed E-state index contributed by atoms with van der Waals surface area (Å²) in [5, 5.41) is 10.3. The second-order valence-electron chi connectivity index (χ2n) is 4.81. The van der Waals surface area contributed by atoms with Crippen molar-refractivity contribution in [1.82, 2.24) is 9.97 Å². The number of aliphatic hydroxyl groups is 1. The highest BCUT2D eigenvalue weighted by atomic mass is 16.5. The molecule has 1 saturated heterocycles. The zero-order chi connectivity index (χ0) is 12.5. The summed E-state index contributed by atoms with van der Waals surface area (Å²) in [5.74, 6) is 0.141. The molecule has 5 nitrogen and oxygen atoms in total. The van der Waals surface area contributed by atoms with E-state index in [1.54, 1.807) is 0 Å². The Morgan fingerprint density at radius 3 is 2.94 bits per heavy atom. The fourth-order valence-corrected chi connectivity index (χ4v) is 2.52. The van der Waals surface area contributed by atoms with Crippen LogP contribution in [0.3, 0.4) is 0 Å². The van der Waals surface area contributed by atoms with Crippen LogP contribution < -0.4 is 5.69 Å². The molecule has 0 spiro atoms. The second kappa shape index (κ2) is 4.59. The summed E-state index contributed by atoms with van der Waals surface area (Å²) >= 11 is 0. The molecule has 0 aliphatic carbocycles. The van der Waals surface area contributed by atoms with E-state index in [1.165, 1.54) is 0 Å². The Hall–Kier alpha value is -1.59. The molecular weight excluding hydrogens is 232 g/mol. The zero-order valence-electron chi connectivity index (χ0n) is 9.98. The molecule has 2 atom stereocenters. The Balaban J connectivity index is 1.90. The third-order valence-electron chi connectivity index (χ3n) is 3.52. The van der Waals surface area contributed by atoms with Gasteiger partial charge in [-0.1, -0.05) is 6.07 Å². The number of rotatable bonds is 2. The number of hydrogen-bond donors (Lipinski definition) is 3. The van der Waals surface area contributed by atoms with E-state index in [2.05, 4.69) is 9.97 Å². The molecule has 1 fully saturated rings. The molecule has 1 aromatic carbocycles. The summed E-state index contributed by atoms with van der Waals surface area (Å²) in [6.07, 6.45) is 1.43. The lowest BCUT2D eigenvalue weighted by Gasteiger charge is -2.26. The largest absolute Gasteiger partial charge is 0.388 e. The molecule has 0 bridgehead atoms. The number of aliphatic hydroxyl groups excluding tert-OH is 1. The van der Waals surface area contributed by atoms with Crippen molar-refractivity contribution < 1.29 is 9.84 Å². The van der Waals surface area contributed by atoms with E-state index in [9.17, 15) is 9.90 Å². The molecule has 18 heavy (non-hydrogen) atoms. The summed E-state index contributed by atoms with van der Waals surface area (Å²) in [6, 6.07) is 5.49. The highest BCUT2D eigenvalue weighted by Crippen LogP contribution is 2.29. The first-order chi connectivity index (χ1) is 8.74. The van der Waals surface area contributed by atoms with Crippen LogP contribution in [0.2, 0.25) is 0 Å². The van der Waals surface area contributed by atoms with Crippen LogP contribution in [0.25, 0.3) is 11.0 Å². The van der Waals surface area contributed by atoms with E-state index in [-0.39, 0.29) is 11.6 Å². The minimum Gasteiger partial charge on any atom is -0.388 e. The maximum absolute atomic E-state index is 11.2. The van der Waals surface area contributed by atoms with Gasteiger partial charge in [-0.25, -0.2) is 4.79 Å². The number of fused-ring (bicyclic) bond motifs is 1. The number of aromatic nitrogens is 2. The molecule has 3 N–H and O–H groups in total. The molecule has 2 unspecified atom stereocenters. The Labute approximate surface area is 104 Å². The third kappa shape index (κ3) is 2.07. The van der Waals surface area contributed by atoms with Crippen LogP contribution in [-0.4, -0.2) is 28.3 Å². The van der Waals surface area contributed by atoms with Crippen LogP contribution in [0, 0.1) is 5.92 Å². The quantitative estimate of drug-likeness (QED) is 0.750. The summed E-state index contributed by atoms with van der Waals surface area (Å²) in [7, 11) is 0. The van der Waals surface area contributed by atoms with E-state index < -0.39 is 6.10 Å². The van der Waals surface area contributed by atoms with Crippen LogP contribution in [0.4, 0.5) is 0 Å². The first-order valence-corrected chi connectivity index (χ1v) is 6.22. The predicted molar refractivity (Wildman–Crippen MR) is 67.4 cm³/mol. The van der Waals surface area contributed by atoms with Crippen molar-refractivity contribution >= 4 is 11.0 Å². The van der Waals surface area contributed by atoms with Crippen molar-refractivity contribution in [2.24, 2.45) is 5.92 Å². The lowest BCUT2D eigenvalue weighted by Crippen LogP contribution is -2.23. The minimum atomic E-state index is -0.534. The van der Waals surface area contributed by atoms with Crippen LogP contribution in [0.1, 0.15) is 24.5 Å². The van der Waals surface area contributed by atoms with Gasteiger partial charge in [0.2, 0.25) is 0 Å². The van der Waals surface area contributed by atoms with Crippen molar-refractivity contribution in [3.8, 4) is 0 Å². The fourth-order valence-electron chi connectivity index (χ4n) is 2.52. The Bertz CT molecular complexity index is 596.